The highest BCUT2D eigenvalue weighted by Crippen LogP contribution is 2.30. The number of carbonyl (C=O) groups is 2. The number of nitrogens with one attached hydrogen (secondary N) is 1. The molecule has 138 valence electrons. The predicted molar refractivity (Wildman–Crippen MR) is 105 cm³/mol. The Hall–Kier alpha value is -2.86. The summed E-state index contributed by atoms with van der Waals surface area (Å²) >= 11 is 1.29. The van der Waals surface area contributed by atoms with Crippen molar-refractivity contribution >= 4 is 28.2 Å². The molecule has 1 fully saturated rings. The van der Waals surface area contributed by atoms with Gasteiger partial charge in [0.05, 0.1) is 16.1 Å². The van der Waals surface area contributed by atoms with Crippen LogP contribution in [0.15, 0.2) is 65.3 Å². The quantitative estimate of drug-likeness (QED) is 0.719. The van der Waals surface area contributed by atoms with E-state index in [2.05, 4.69) is 29.6 Å². The summed E-state index contributed by atoms with van der Waals surface area (Å²) in [6.45, 7) is 1.51. The number of benzene rings is 1. The molecule has 0 saturated carbocycles. The zero-order chi connectivity index (χ0) is 18.6. The lowest BCUT2D eigenvalue weighted by Crippen LogP contribution is -2.37. The molecule has 2 amide bonds. The molecule has 2 aromatic heterocycles. The number of anilines is 1. The summed E-state index contributed by atoms with van der Waals surface area (Å²) in [6, 6.07) is 17.3. The predicted octanol–water partition coefficient (Wildman–Crippen LogP) is 4.61. The zero-order valence-electron chi connectivity index (χ0n) is 14.8. The first kappa shape index (κ1) is 17.5. The summed E-state index contributed by atoms with van der Waals surface area (Å²) in [7, 11) is 0. The van der Waals surface area contributed by atoms with Gasteiger partial charge in [0.2, 0.25) is 0 Å². The van der Waals surface area contributed by atoms with E-state index in [4.69, 9.17) is 4.42 Å². The number of amides is 2. The Morgan fingerprint density at radius 1 is 1.00 bits per heavy atom. The average Bonchev–Trinajstić information content (AvgIpc) is 3.40. The van der Waals surface area contributed by atoms with Crippen LogP contribution in [0.2, 0.25) is 0 Å². The summed E-state index contributed by atoms with van der Waals surface area (Å²) in [5.74, 6) is 0.482. The molecule has 3 heterocycles. The molecule has 27 heavy (non-hydrogen) atoms. The molecule has 0 atom stereocenters. The molecule has 1 aromatic carbocycles. The van der Waals surface area contributed by atoms with Crippen molar-refractivity contribution < 1.29 is 14.0 Å². The van der Waals surface area contributed by atoms with Crippen LogP contribution >= 0.6 is 11.3 Å². The fourth-order valence-electron chi connectivity index (χ4n) is 3.40. The number of carbonyl (C=O) groups excluding carboxylic acids is 2. The molecule has 1 saturated heterocycles. The molecular weight excluding hydrogens is 360 g/mol. The van der Waals surface area contributed by atoms with E-state index in [1.165, 1.54) is 23.2 Å². The fraction of sp³-hybridized carbons (Fsp3) is 0.238. The van der Waals surface area contributed by atoms with Crippen LogP contribution in [0.1, 0.15) is 44.5 Å². The molecule has 6 heteroatoms. The van der Waals surface area contributed by atoms with Gasteiger partial charge in [-0.15, -0.1) is 11.3 Å². The second-order valence-corrected chi connectivity index (χ2v) is 7.66. The standard InChI is InChI=1S/C21H20N2O3S/c24-20(17-7-4-14-26-17)22-19-9-8-18(27-19)21(25)23-12-10-16(11-13-23)15-5-2-1-3-6-15/h1-9,14,16H,10-13H2,(H,22,24). The Kier molecular flexibility index (Phi) is 5.07. The van der Waals surface area contributed by atoms with Crippen molar-refractivity contribution in [3.8, 4) is 0 Å². The summed E-state index contributed by atoms with van der Waals surface area (Å²) in [6.07, 6.45) is 3.41. The SMILES string of the molecule is O=C(Nc1ccc(C(=O)N2CCC(c3ccccc3)CC2)s1)c1ccco1. The number of piperidine rings is 1. The zero-order valence-corrected chi connectivity index (χ0v) is 15.6. The lowest BCUT2D eigenvalue weighted by molar-refractivity contribution is 0.0717. The van der Waals surface area contributed by atoms with Crippen molar-refractivity contribution in [2.45, 2.75) is 18.8 Å². The van der Waals surface area contributed by atoms with E-state index in [9.17, 15) is 9.59 Å². The van der Waals surface area contributed by atoms with Gasteiger partial charge in [-0.1, -0.05) is 30.3 Å². The van der Waals surface area contributed by atoms with Gasteiger partial charge in [-0.2, -0.15) is 0 Å². The molecule has 0 radical (unpaired) electrons. The second-order valence-electron chi connectivity index (χ2n) is 6.57. The second kappa shape index (κ2) is 7.80. The van der Waals surface area contributed by atoms with E-state index in [-0.39, 0.29) is 17.6 Å². The van der Waals surface area contributed by atoms with Crippen molar-refractivity contribution in [1.82, 2.24) is 4.90 Å². The molecule has 3 aromatic rings. The van der Waals surface area contributed by atoms with Gasteiger partial charge in [0.1, 0.15) is 0 Å². The van der Waals surface area contributed by atoms with Gasteiger partial charge in [0, 0.05) is 13.1 Å². The highest BCUT2D eigenvalue weighted by atomic mass is 32.1. The number of hydrogen-bond donors (Lipinski definition) is 1. The highest BCUT2D eigenvalue weighted by molar-refractivity contribution is 7.18. The summed E-state index contributed by atoms with van der Waals surface area (Å²) in [5.41, 5.74) is 1.35. The van der Waals surface area contributed by atoms with Crippen LogP contribution in [-0.2, 0) is 0 Å². The minimum absolute atomic E-state index is 0.0324. The third-order valence-electron chi connectivity index (χ3n) is 4.85. The largest absolute Gasteiger partial charge is 0.459 e. The first-order chi connectivity index (χ1) is 13.2. The van der Waals surface area contributed by atoms with E-state index in [1.54, 1.807) is 24.3 Å². The lowest BCUT2D eigenvalue weighted by atomic mass is 9.89. The number of thiophene rings is 1. The summed E-state index contributed by atoms with van der Waals surface area (Å²) in [5, 5.41) is 3.40. The van der Waals surface area contributed by atoms with Crippen molar-refractivity contribution in [3.63, 3.8) is 0 Å². The van der Waals surface area contributed by atoms with Crippen molar-refractivity contribution in [2.24, 2.45) is 0 Å². The van der Waals surface area contributed by atoms with Gasteiger partial charge in [0.15, 0.2) is 5.76 Å². The van der Waals surface area contributed by atoms with Crippen molar-refractivity contribution in [1.29, 1.82) is 0 Å². The van der Waals surface area contributed by atoms with Gasteiger partial charge in [-0.25, -0.2) is 0 Å². The first-order valence-electron chi connectivity index (χ1n) is 8.99. The van der Waals surface area contributed by atoms with E-state index in [1.807, 2.05) is 11.0 Å². The number of likely N-dealkylation sites (tertiary alicyclic amines) is 1. The maximum absolute atomic E-state index is 12.8. The van der Waals surface area contributed by atoms with Crippen LogP contribution in [-0.4, -0.2) is 29.8 Å². The van der Waals surface area contributed by atoms with E-state index in [0.29, 0.717) is 15.8 Å². The Balaban J connectivity index is 1.35. The van der Waals surface area contributed by atoms with Crippen LogP contribution in [0.4, 0.5) is 5.00 Å². The van der Waals surface area contributed by atoms with Crippen LogP contribution in [0.25, 0.3) is 0 Å². The molecule has 0 unspecified atom stereocenters. The molecule has 1 N–H and O–H groups in total. The van der Waals surface area contributed by atoms with Gasteiger partial charge < -0.3 is 14.6 Å². The molecular formula is C21H20N2O3S. The van der Waals surface area contributed by atoms with E-state index >= 15 is 0 Å². The van der Waals surface area contributed by atoms with Crippen molar-refractivity contribution in [2.75, 3.05) is 18.4 Å². The number of nitrogens with zero attached hydrogens (tertiary/aromatic N) is 1. The average molecular weight is 380 g/mol. The highest BCUT2D eigenvalue weighted by Gasteiger charge is 2.25. The van der Waals surface area contributed by atoms with E-state index in [0.717, 1.165) is 25.9 Å². The Morgan fingerprint density at radius 2 is 1.78 bits per heavy atom. The van der Waals surface area contributed by atoms with Crippen LogP contribution in [0.3, 0.4) is 0 Å². The van der Waals surface area contributed by atoms with Crippen molar-refractivity contribution in [3.05, 3.63) is 77.1 Å². The molecule has 1 aliphatic rings. The van der Waals surface area contributed by atoms with E-state index < -0.39 is 0 Å². The summed E-state index contributed by atoms with van der Waals surface area (Å²) < 4.78 is 5.08. The topological polar surface area (TPSA) is 62.6 Å². The monoisotopic (exact) mass is 380 g/mol. The van der Waals surface area contributed by atoms with Crippen LogP contribution < -0.4 is 5.32 Å². The van der Waals surface area contributed by atoms with Crippen LogP contribution in [0, 0.1) is 0 Å². The molecule has 1 aliphatic heterocycles. The minimum Gasteiger partial charge on any atom is -0.459 e. The molecule has 5 nitrogen and oxygen atoms in total. The first-order valence-corrected chi connectivity index (χ1v) is 9.81. The summed E-state index contributed by atoms with van der Waals surface area (Å²) in [4.78, 5) is 27.4. The van der Waals surface area contributed by atoms with Gasteiger partial charge in [-0.3, -0.25) is 9.59 Å². The number of hydrogen-bond acceptors (Lipinski definition) is 4. The van der Waals surface area contributed by atoms with Gasteiger partial charge in [-0.05, 0) is 48.6 Å². The minimum atomic E-state index is -0.315. The molecule has 0 bridgehead atoms. The number of furan rings is 1. The molecule has 4 rings (SSSR count). The fourth-order valence-corrected chi connectivity index (χ4v) is 4.27. The smallest absolute Gasteiger partial charge is 0.291 e. The Labute approximate surface area is 161 Å². The molecule has 0 aliphatic carbocycles. The number of rotatable bonds is 4. The third kappa shape index (κ3) is 3.95. The maximum atomic E-state index is 12.8. The van der Waals surface area contributed by atoms with Gasteiger partial charge >= 0.3 is 0 Å². The Morgan fingerprint density at radius 3 is 2.48 bits per heavy atom. The van der Waals surface area contributed by atoms with Gasteiger partial charge in [0.25, 0.3) is 11.8 Å². The maximum Gasteiger partial charge on any atom is 0.291 e. The third-order valence-corrected chi connectivity index (χ3v) is 5.84. The normalized spacial score (nSPS) is 14.9. The Bertz CT molecular complexity index is 910. The van der Waals surface area contributed by atoms with Crippen LogP contribution in [0.5, 0.6) is 0 Å². The lowest BCUT2D eigenvalue weighted by Gasteiger charge is -2.32. The molecule has 0 spiro atoms.